The van der Waals surface area contributed by atoms with Crippen molar-refractivity contribution in [1.82, 2.24) is 9.55 Å². The van der Waals surface area contributed by atoms with Crippen molar-refractivity contribution in [3.63, 3.8) is 0 Å². The van der Waals surface area contributed by atoms with Gasteiger partial charge in [0.2, 0.25) is 0 Å². The molecular formula is C19H19F2N3O3. The van der Waals surface area contributed by atoms with Gasteiger partial charge in [0, 0.05) is 23.9 Å². The second-order valence-electron chi connectivity index (χ2n) is 7.22. The molecule has 1 amide bonds. The number of nitrogens with one attached hydrogen (secondary N) is 1. The van der Waals surface area contributed by atoms with Gasteiger partial charge in [0.1, 0.15) is 17.1 Å². The number of anilines is 1. The van der Waals surface area contributed by atoms with Crippen LogP contribution in [0.5, 0.6) is 0 Å². The van der Waals surface area contributed by atoms with E-state index in [0.717, 1.165) is 0 Å². The summed E-state index contributed by atoms with van der Waals surface area (Å²) >= 11 is 0. The van der Waals surface area contributed by atoms with Gasteiger partial charge in [-0.15, -0.1) is 0 Å². The normalized spacial score (nSPS) is 16.0. The Labute approximate surface area is 154 Å². The molecule has 0 saturated heterocycles. The minimum Gasteiger partial charge on any atom is -0.444 e. The Bertz CT molecular complexity index is 955. The van der Waals surface area contributed by atoms with Gasteiger partial charge in [-0.25, -0.2) is 9.78 Å². The Morgan fingerprint density at radius 1 is 1.30 bits per heavy atom. The maximum atomic E-state index is 12.6. The van der Waals surface area contributed by atoms with Crippen molar-refractivity contribution in [3.8, 4) is 5.82 Å². The highest BCUT2D eigenvalue weighted by Crippen LogP contribution is 2.49. The number of ether oxygens (including phenoxy) is 1. The first-order valence-corrected chi connectivity index (χ1v) is 8.38. The lowest BCUT2D eigenvalue weighted by atomic mass is 10.2. The van der Waals surface area contributed by atoms with Gasteiger partial charge in [-0.3, -0.25) is 14.7 Å². The van der Waals surface area contributed by atoms with Crippen molar-refractivity contribution in [1.29, 1.82) is 0 Å². The smallest absolute Gasteiger partial charge is 0.412 e. The molecule has 1 atom stereocenters. The molecule has 1 N–H and O–H groups in total. The summed E-state index contributed by atoms with van der Waals surface area (Å²) in [6.07, 6.45) is 0.951. The van der Waals surface area contributed by atoms with Gasteiger partial charge >= 0.3 is 6.09 Å². The Hall–Kier alpha value is -3.03. The van der Waals surface area contributed by atoms with E-state index in [0.29, 0.717) is 17.8 Å². The number of pyridine rings is 2. The predicted octanol–water partition coefficient (Wildman–Crippen LogP) is 4.22. The summed E-state index contributed by atoms with van der Waals surface area (Å²) in [7, 11) is 0. The van der Waals surface area contributed by atoms with Crippen LogP contribution >= 0.6 is 0 Å². The van der Waals surface area contributed by atoms with Crippen LogP contribution in [0.1, 0.15) is 38.7 Å². The molecule has 1 fully saturated rings. The number of carbonyl (C=O) groups is 1. The zero-order valence-corrected chi connectivity index (χ0v) is 15.1. The average Bonchev–Trinajstić information content (AvgIpc) is 3.36. The van der Waals surface area contributed by atoms with Crippen LogP contribution in [0.15, 0.2) is 53.1 Å². The number of allylic oxidation sites excluding steroid dienone is 1. The SMILES string of the molecule is CC(C)(C)OC(=O)Nc1cccn(-c2ccc(C3CC3=C(F)F)cn2)c1=O. The molecule has 1 aliphatic rings. The second kappa shape index (κ2) is 6.94. The van der Waals surface area contributed by atoms with Crippen molar-refractivity contribution in [2.24, 2.45) is 0 Å². The van der Waals surface area contributed by atoms with E-state index in [-0.39, 0.29) is 17.2 Å². The number of aromatic nitrogens is 2. The minimum atomic E-state index is -1.64. The molecule has 0 aromatic carbocycles. The molecule has 1 unspecified atom stereocenters. The molecule has 2 heterocycles. The fourth-order valence-electron chi connectivity index (χ4n) is 2.62. The van der Waals surface area contributed by atoms with Gasteiger partial charge in [-0.05, 0) is 51.0 Å². The van der Waals surface area contributed by atoms with Crippen molar-refractivity contribution in [2.45, 2.75) is 38.7 Å². The standard InChI is InChI=1S/C19H19F2N3O3/c1-19(2,3)27-18(26)23-14-5-4-8-24(17(14)25)15-7-6-11(10-22-15)12-9-13(12)16(20)21/h4-8,10,12H,9H2,1-3H3,(H,23,26). The molecule has 2 aromatic heterocycles. The van der Waals surface area contributed by atoms with Gasteiger partial charge in [0.05, 0.1) is 0 Å². The maximum Gasteiger partial charge on any atom is 0.412 e. The highest BCUT2D eigenvalue weighted by molar-refractivity contribution is 5.84. The lowest BCUT2D eigenvalue weighted by molar-refractivity contribution is 0.0635. The van der Waals surface area contributed by atoms with E-state index in [1.165, 1.54) is 23.0 Å². The largest absolute Gasteiger partial charge is 0.444 e. The highest BCUT2D eigenvalue weighted by atomic mass is 19.3. The molecule has 0 bridgehead atoms. The Morgan fingerprint density at radius 2 is 2.04 bits per heavy atom. The number of hydrogen-bond donors (Lipinski definition) is 1. The van der Waals surface area contributed by atoms with E-state index in [2.05, 4.69) is 10.3 Å². The second-order valence-corrected chi connectivity index (χ2v) is 7.22. The number of halogens is 2. The molecule has 27 heavy (non-hydrogen) atoms. The van der Waals surface area contributed by atoms with E-state index >= 15 is 0 Å². The van der Waals surface area contributed by atoms with Crippen LogP contribution in [0.4, 0.5) is 19.3 Å². The monoisotopic (exact) mass is 375 g/mol. The van der Waals surface area contributed by atoms with Gasteiger partial charge in [-0.2, -0.15) is 8.78 Å². The quantitative estimate of drug-likeness (QED) is 0.872. The minimum absolute atomic E-state index is 0.0459. The molecule has 0 radical (unpaired) electrons. The van der Waals surface area contributed by atoms with Gasteiger partial charge in [0.15, 0.2) is 0 Å². The molecule has 142 valence electrons. The van der Waals surface area contributed by atoms with Crippen LogP contribution in [-0.4, -0.2) is 21.2 Å². The third-order valence-corrected chi connectivity index (χ3v) is 3.93. The van der Waals surface area contributed by atoms with Crippen molar-refractivity contribution in [2.75, 3.05) is 5.32 Å². The Balaban J connectivity index is 1.81. The molecule has 0 aliphatic heterocycles. The first-order chi connectivity index (χ1) is 12.7. The molecule has 0 spiro atoms. The third kappa shape index (κ3) is 4.39. The lowest BCUT2D eigenvalue weighted by Crippen LogP contribution is -2.30. The summed E-state index contributed by atoms with van der Waals surface area (Å²) in [5.41, 5.74) is -0.317. The average molecular weight is 375 g/mol. The number of carbonyl (C=O) groups excluding carboxylic acids is 1. The summed E-state index contributed by atoms with van der Waals surface area (Å²) in [6.45, 7) is 5.16. The van der Waals surface area contributed by atoms with Gasteiger partial charge in [0.25, 0.3) is 11.6 Å². The first-order valence-electron chi connectivity index (χ1n) is 8.38. The number of nitrogens with zero attached hydrogens (tertiary/aromatic N) is 2. The molecule has 1 saturated carbocycles. The molecule has 6 nitrogen and oxygen atoms in total. The summed E-state index contributed by atoms with van der Waals surface area (Å²) in [5, 5.41) is 2.42. The highest BCUT2D eigenvalue weighted by Gasteiger charge is 2.36. The van der Waals surface area contributed by atoms with Crippen molar-refractivity contribution < 1.29 is 18.3 Å². The summed E-state index contributed by atoms with van der Waals surface area (Å²) in [5.74, 6) is 0.0249. The molecule has 8 heteroatoms. The van der Waals surface area contributed by atoms with E-state index in [1.807, 2.05) is 0 Å². The van der Waals surface area contributed by atoms with Crippen LogP contribution in [0.3, 0.4) is 0 Å². The van der Waals surface area contributed by atoms with Crippen LogP contribution in [0, 0.1) is 0 Å². The predicted molar refractivity (Wildman–Crippen MR) is 96.3 cm³/mol. The molecule has 3 rings (SSSR count). The topological polar surface area (TPSA) is 73.2 Å². The maximum absolute atomic E-state index is 12.6. The zero-order chi connectivity index (χ0) is 19.8. The van der Waals surface area contributed by atoms with E-state index in [1.54, 1.807) is 39.0 Å². The first kappa shape index (κ1) is 18.8. The van der Waals surface area contributed by atoms with Crippen LogP contribution in [0.2, 0.25) is 0 Å². The fraction of sp³-hybridized carbons (Fsp3) is 0.316. The number of rotatable bonds is 3. The lowest BCUT2D eigenvalue weighted by Gasteiger charge is -2.19. The van der Waals surface area contributed by atoms with Gasteiger partial charge < -0.3 is 4.74 Å². The Morgan fingerprint density at radius 3 is 2.59 bits per heavy atom. The van der Waals surface area contributed by atoms with E-state index in [4.69, 9.17) is 4.74 Å². The van der Waals surface area contributed by atoms with Gasteiger partial charge in [-0.1, -0.05) is 6.07 Å². The van der Waals surface area contributed by atoms with Crippen LogP contribution < -0.4 is 10.9 Å². The third-order valence-electron chi connectivity index (χ3n) is 3.93. The van der Waals surface area contributed by atoms with Crippen LogP contribution in [-0.2, 0) is 4.74 Å². The van der Waals surface area contributed by atoms with E-state index < -0.39 is 23.3 Å². The van der Waals surface area contributed by atoms with Crippen molar-refractivity contribution in [3.05, 3.63) is 64.2 Å². The summed E-state index contributed by atoms with van der Waals surface area (Å²) in [6, 6.07) is 6.30. The summed E-state index contributed by atoms with van der Waals surface area (Å²) in [4.78, 5) is 28.7. The summed E-state index contributed by atoms with van der Waals surface area (Å²) < 4.78 is 31.5. The van der Waals surface area contributed by atoms with Crippen molar-refractivity contribution >= 4 is 11.8 Å². The molecular weight excluding hydrogens is 356 g/mol. The van der Waals surface area contributed by atoms with E-state index in [9.17, 15) is 18.4 Å². The number of hydrogen-bond acceptors (Lipinski definition) is 4. The fourth-order valence-corrected chi connectivity index (χ4v) is 2.62. The number of amides is 1. The zero-order valence-electron chi connectivity index (χ0n) is 15.1. The Kier molecular flexibility index (Phi) is 4.82. The molecule has 1 aliphatic carbocycles. The molecule has 2 aromatic rings. The van der Waals surface area contributed by atoms with Crippen LogP contribution in [0.25, 0.3) is 5.82 Å².